The Morgan fingerprint density at radius 1 is 1.14 bits per heavy atom. The van der Waals surface area contributed by atoms with Crippen LogP contribution in [0.5, 0.6) is 0 Å². The molecular weight excluding hydrogens is 268 g/mol. The smallest absolute Gasteiger partial charge is 0.251 e. The first-order valence-corrected chi connectivity index (χ1v) is 6.63. The van der Waals surface area contributed by atoms with E-state index in [1.54, 1.807) is 19.1 Å². The van der Waals surface area contributed by atoms with Crippen LogP contribution in [0.25, 0.3) is 0 Å². The summed E-state index contributed by atoms with van der Waals surface area (Å²) in [6.07, 6.45) is 0. The number of benzene rings is 1. The third-order valence-corrected chi connectivity index (χ3v) is 3.12. The van der Waals surface area contributed by atoms with Gasteiger partial charge in [0.25, 0.3) is 5.91 Å². The standard InChI is InChI=1S/C15H18N4O2/c1-9-4-6-12(7-5-9)15(21)16-8-13(20)17-14-10(2)18-19-11(14)3/h4-7H,8H2,1-3H3,(H,16,21)(H,17,20)(H,18,19). The summed E-state index contributed by atoms with van der Waals surface area (Å²) in [4.78, 5) is 23.7. The van der Waals surface area contributed by atoms with Crippen LogP contribution in [0.1, 0.15) is 27.3 Å². The number of aromatic amines is 1. The Hall–Kier alpha value is -2.63. The zero-order valence-corrected chi connectivity index (χ0v) is 12.3. The van der Waals surface area contributed by atoms with E-state index >= 15 is 0 Å². The van der Waals surface area contributed by atoms with E-state index in [2.05, 4.69) is 20.8 Å². The van der Waals surface area contributed by atoms with Crippen LogP contribution in [0.4, 0.5) is 5.69 Å². The molecule has 0 saturated heterocycles. The minimum Gasteiger partial charge on any atom is -0.343 e. The Kier molecular flexibility index (Phi) is 4.37. The van der Waals surface area contributed by atoms with Gasteiger partial charge in [-0.15, -0.1) is 0 Å². The SMILES string of the molecule is Cc1ccc(C(=O)NCC(=O)Nc2c(C)n[nH]c2C)cc1. The van der Waals surface area contributed by atoms with Crippen LogP contribution in [0.2, 0.25) is 0 Å². The number of amides is 2. The maximum absolute atomic E-state index is 11.9. The van der Waals surface area contributed by atoms with E-state index < -0.39 is 0 Å². The largest absolute Gasteiger partial charge is 0.343 e. The molecule has 0 aliphatic rings. The molecule has 6 heteroatoms. The van der Waals surface area contributed by atoms with Gasteiger partial charge in [-0.1, -0.05) is 17.7 Å². The summed E-state index contributed by atoms with van der Waals surface area (Å²) in [5.74, 6) is -0.561. The second kappa shape index (κ2) is 6.21. The van der Waals surface area contributed by atoms with Crippen LogP contribution < -0.4 is 10.6 Å². The molecule has 110 valence electrons. The Balaban J connectivity index is 1.89. The Bertz CT molecular complexity index is 639. The molecule has 2 rings (SSSR count). The van der Waals surface area contributed by atoms with Gasteiger partial charge in [0.05, 0.1) is 23.6 Å². The molecule has 0 bridgehead atoms. The molecule has 0 fully saturated rings. The van der Waals surface area contributed by atoms with Crippen LogP contribution in [-0.4, -0.2) is 28.6 Å². The van der Waals surface area contributed by atoms with E-state index in [1.807, 2.05) is 26.0 Å². The molecule has 6 nitrogen and oxygen atoms in total. The molecule has 0 spiro atoms. The Labute approximate surface area is 122 Å². The third-order valence-electron chi connectivity index (χ3n) is 3.12. The fraction of sp³-hybridized carbons (Fsp3) is 0.267. The third kappa shape index (κ3) is 3.68. The Morgan fingerprint density at radius 2 is 1.81 bits per heavy atom. The molecule has 1 aromatic carbocycles. The number of rotatable bonds is 4. The van der Waals surface area contributed by atoms with E-state index in [-0.39, 0.29) is 18.4 Å². The van der Waals surface area contributed by atoms with E-state index in [1.165, 1.54) is 0 Å². The molecule has 1 aromatic heterocycles. The average Bonchev–Trinajstić information content (AvgIpc) is 2.77. The van der Waals surface area contributed by atoms with Gasteiger partial charge in [-0.3, -0.25) is 14.7 Å². The molecule has 0 aliphatic heterocycles. The van der Waals surface area contributed by atoms with Crippen LogP contribution >= 0.6 is 0 Å². The molecule has 0 saturated carbocycles. The van der Waals surface area contributed by atoms with E-state index in [0.717, 1.165) is 11.3 Å². The number of carbonyl (C=O) groups is 2. The lowest BCUT2D eigenvalue weighted by Crippen LogP contribution is -2.33. The van der Waals surface area contributed by atoms with Crippen molar-refractivity contribution in [3.05, 3.63) is 46.8 Å². The predicted molar refractivity (Wildman–Crippen MR) is 80.2 cm³/mol. The number of hydrogen-bond donors (Lipinski definition) is 3. The molecule has 2 aromatic rings. The van der Waals surface area contributed by atoms with Crippen molar-refractivity contribution in [1.82, 2.24) is 15.5 Å². The molecule has 3 N–H and O–H groups in total. The summed E-state index contributed by atoms with van der Waals surface area (Å²) in [5.41, 5.74) is 3.76. The van der Waals surface area contributed by atoms with E-state index in [0.29, 0.717) is 16.9 Å². The maximum atomic E-state index is 11.9. The monoisotopic (exact) mass is 286 g/mol. The second-order valence-electron chi connectivity index (χ2n) is 4.91. The minimum absolute atomic E-state index is 0.0865. The number of nitrogens with one attached hydrogen (secondary N) is 3. The first-order valence-electron chi connectivity index (χ1n) is 6.63. The van der Waals surface area contributed by atoms with E-state index in [9.17, 15) is 9.59 Å². The van der Waals surface area contributed by atoms with Gasteiger partial charge in [0.15, 0.2) is 0 Å². The molecule has 0 aliphatic carbocycles. The average molecular weight is 286 g/mol. The van der Waals surface area contributed by atoms with Gasteiger partial charge in [-0.2, -0.15) is 5.10 Å². The lowest BCUT2D eigenvalue weighted by atomic mass is 10.1. The summed E-state index contributed by atoms with van der Waals surface area (Å²) < 4.78 is 0. The highest BCUT2D eigenvalue weighted by molar-refractivity contribution is 5.99. The van der Waals surface area contributed by atoms with Crippen LogP contribution in [0.15, 0.2) is 24.3 Å². The summed E-state index contributed by atoms with van der Waals surface area (Å²) in [6, 6.07) is 7.17. The summed E-state index contributed by atoms with van der Waals surface area (Å²) in [7, 11) is 0. The minimum atomic E-state index is -0.289. The van der Waals surface area contributed by atoms with Crippen molar-refractivity contribution in [2.24, 2.45) is 0 Å². The summed E-state index contributed by atoms with van der Waals surface area (Å²) in [5, 5.41) is 12.1. The molecular formula is C15H18N4O2. The number of hydrogen-bond acceptors (Lipinski definition) is 3. The lowest BCUT2D eigenvalue weighted by Gasteiger charge is -2.07. The number of aromatic nitrogens is 2. The number of nitrogens with zero attached hydrogens (tertiary/aromatic N) is 1. The van der Waals surface area contributed by atoms with Gasteiger partial charge < -0.3 is 10.6 Å². The fourth-order valence-corrected chi connectivity index (χ4v) is 1.89. The summed E-state index contributed by atoms with van der Waals surface area (Å²) >= 11 is 0. The van der Waals surface area contributed by atoms with Gasteiger partial charge in [-0.05, 0) is 32.9 Å². The van der Waals surface area contributed by atoms with Crippen molar-refractivity contribution in [2.75, 3.05) is 11.9 Å². The Morgan fingerprint density at radius 3 is 2.38 bits per heavy atom. The molecule has 1 heterocycles. The van der Waals surface area contributed by atoms with Crippen LogP contribution in [-0.2, 0) is 4.79 Å². The van der Waals surface area contributed by atoms with E-state index in [4.69, 9.17) is 0 Å². The summed E-state index contributed by atoms with van der Waals surface area (Å²) in [6.45, 7) is 5.48. The van der Waals surface area contributed by atoms with Crippen LogP contribution in [0.3, 0.4) is 0 Å². The highest BCUT2D eigenvalue weighted by Gasteiger charge is 2.11. The maximum Gasteiger partial charge on any atom is 0.251 e. The van der Waals surface area contributed by atoms with Crippen molar-refractivity contribution in [3.63, 3.8) is 0 Å². The number of H-pyrrole nitrogens is 1. The lowest BCUT2D eigenvalue weighted by molar-refractivity contribution is -0.115. The van der Waals surface area contributed by atoms with Crippen LogP contribution in [0, 0.1) is 20.8 Å². The van der Waals surface area contributed by atoms with Gasteiger partial charge in [0.2, 0.25) is 5.91 Å². The first kappa shape index (κ1) is 14.8. The molecule has 0 radical (unpaired) electrons. The van der Waals surface area contributed by atoms with Gasteiger partial charge in [-0.25, -0.2) is 0 Å². The van der Waals surface area contributed by atoms with Crippen molar-refractivity contribution in [2.45, 2.75) is 20.8 Å². The van der Waals surface area contributed by atoms with Crippen molar-refractivity contribution < 1.29 is 9.59 Å². The zero-order chi connectivity index (χ0) is 15.4. The first-order chi connectivity index (χ1) is 9.97. The van der Waals surface area contributed by atoms with Gasteiger partial charge >= 0.3 is 0 Å². The van der Waals surface area contributed by atoms with Crippen molar-refractivity contribution >= 4 is 17.5 Å². The highest BCUT2D eigenvalue weighted by Crippen LogP contribution is 2.15. The fourth-order valence-electron chi connectivity index (χ4n) is 1.89. The molecule has 0 atom stereocenters. The molecule has 0 unspecified atom stereocenters. The molecule has 21 heavy (non-hydrogen) atoms. The predicted octanol–water partition coefficient (Wildman–Crippen LogP) is 1.70. The molecule has 2 amide bonds. The van der Waals surface area contributed by atoms with Crippen molar-refractivity contribution in [3.8, 4) is 0 Å². The van der Waals surface area contributed by atoms with Gasteiger partial charge in [0, 0.05) is 5.56 Å². The van der Waals surface area contributed by atoms with Gasteiger partial charge in [0.1, 0.15) is 0 Å². The zero-order valence-electron chi connectivity index (χ0n) is 12.3. The second-order valence-corrected chi connectivity index (χ2v) is 4.91. The quantitative estimate of drug-likeness (QED) is 0.799. The topological polar surface area (TPSA) is 86.9 Å². The normalized spacial score (nSPS) is 10.2. The number of anilines is 1. The number of carbonyl (C=O) groups excluding carboxylic acids is 2. The highest BCUT2D eigenvalue weighted by atomic mass is 16.2. The van der Waals surface area contributed by atoms with Crippen molar-refractivity contribution in [1.29, 1.82) is 0 Å². The number of aryl methyl sites for hydroxylation is 3.